The first-order chi connectivity index (χ1) is 8.01. The maximum absolute atomic E-state index is 6.05. The first-order valence-corrected chi connectivity index (χ1v) is 6.26. The van der Waals surface area contributed by atoms with E-state index in [9.17, 15) is 0 Å². The first-order valence-electron chi connectivity index (χ1n) is 6.26. The Labute approximate surface area is 129 Å². The molecule has 0 heterocycles. The zero-order valence-electron chi connectivity index (χ0n) is 11.8. The van der Waals surface area contributed by atoms with Gasteiger partial charge in [0.2, 0.25) is 0 Å². The Morgan fingerprint density at radius 3 is 2.11 bits per heavy atom. The molecule has 0 unspecified atom stereocenters. The molecule has 5 heteroatoms. The Morgan fingerprint density at radius 2 is 1.63 bits per heavy atom. The maximum Gasteiger partial charge on any atom is 0.0226 e. The Bertz CT molecular complexity index is 312. The number of nitrogens with zero attached hydrogens (tertiary/aromatic N) is 1. The molecule has 0 fully saturated rings. The molecule has 0 bridgehead atoms. The van der Waals surface area contributed by atoms with Gasteiger partial charge in [0.15, 0.2) is 0 Å². The third-order valence-corrected chi connectivity index (χ3v) is 2.64. The zero-order chi connectivity index (χ0) is 12.7. The summed E-state index contributed by atoms with van der Waals surface area (Å²) < 4.78 is 0. The van der Waals surface area contributed by atoms with Crippen LogP contribution in [0.4, 0.5) is 0 Å². The minimum absolute atomic E-state index is 0. The average molecular weight is 308 g/mol. The topological polar surface area (TPSA) is 55.3 Å². The number of hydrogen-bond donors (Lipinski definition) is 2. The maximum atomic E-state index is 6.05. The molecule has 112 valence electrons. The molecule has 0 aliphatic carbocycles. The van der Waals surface area contributed by atoms with Crippen LogP contribution >= 0.6 is 24.8 Å². The number of rotatable bonds is 7. The van der Waals surface area contributed by atoms with Crippen molar-refractivity contribution in [2.24, 2.45) is 11.5 Å². The molecule has 0 aliphatic heterocycles. The minimum atomic E-state index is -0.161. The van der Waals surface area contributed by atoms with Gasteiger partial charge in [-0.25, -0.2) is 0 Å². The molecule has 0 saturated heterocycles. The predicted molar refractivity (Wildman–Crippen MR) is 88.4 cm³/mol. The van der Waals surface area contributed by atoms with Crippen LogP contribution in [0.2, 0.25) is 0 Å². The molecule has 0 spiro atoms. The van der Waals surface area contributed by atoms with Gasteiger partial charge >= 0.3 is 0 Å². The lowest BCUT2D eigenvalue weighted by molar-refractivity contribution is 0.233. The van der Waals surface area contributed by atoms with E-state index in [-0.39, 0.29) is 30.4 Å². The summed E-state index contributed by atoms with van der Waals surface area (Å²) in [6, 6.07) is 10.5. The molecule has 0 aliphatic rings. The third-order valence-electron chi connectivity index (χ3n) is 2.64. The van der Waals surface area contributed by atoms with Crippen LogP contribution in [0.5, 0.6) is 0 Å². The second kappa shape index (κ2) is 10.5. The minimum Gasteiger partial charge on any atom is -0.329 e. The molecule has 1 rings (SSSR count). The van der Waals surface area contributed by atoms with Gasteiger partial charge in [0, 0.05) is 31.7 Å². The summed E-state index contributed by atoms with van der Waals surface area (Å²) in [6.07, 6.45) is 1.05. The van der Waals surface area contributed by atoms with E-state index in [4.69, 9.17) is 11.5 Å². The van der Waals surface area contributed by atoms with Gasteiger partial charge in [-0.05, 0) is 25.8 Å². The molecular formula is C14H27Cl2N3. The fourth-order valence-corrected chi connectivity index (χ4v) is 1.96. The van der Waals surface area contributed by atoms with Crippen molar-refractivity contribution in [3.05, 3.63) is 35.9 Å². The van der Waals surface area contributed by atoms with Gasteiger partial charge in [0.25, 0.3) is 0 Å². The number of benzene rings is 1. The number of halogens is 2. The van der Waals surface area contributed by atoms with Crippen LogP contribution in [0.15, 0.2) is 30.3 Å². The molecule has 0 amide bonds. The van der Waals surface area contributed by atoms with E-state index in [1.54, 1.807) is 0 Å². The second-order valence-electron chi connectivity index (χ2n) is 5.29. The highest BCUT2D eigenvalue weighted by atomic mass is 35.5. The lowest BCUT2D eigenvalue weighted by Crippen LogP contribution is -2.47. The van der Waals surface area contributed by atoms with Crippen molar-refractivity contribution in [2.75, 3.05) is 26.2 Å². The highest BCUT2D eigenvalue weighted by Gasteiger charge is 2.15. The molecule has 4 N–H and O–H groups in total. The van der Waals surface area contributed by atoms with Gasteiger partial charge in [0.05, 0.1) is 0 Å². The molecule has 19 heavy (non-hydrogen) atoms. The SMILES string of the molecule is CC(C)(N)CN(CCN)CCc1ccccc1.Cl.Cl. The summed E-state index contributed by atoms with van der Waals surface area (Å²) in [6.45, 7) is 7.61. The van der Waals surface area contributed by atoms with Crippen LogP contribution < -0.4 is 11.5 Å². The summed E-state index contributed by atoms with van der Waals surface area (Å²) in [4.78, 5) is 2.34. The van der Waals surface area contributed by atoms with Gasteiger partial charge in [-0.2, -0.15) is 0 Å². The van der Waals surface area contributed by atoms with Gasteiger partial charge in [-0.3, -0.25) is 4.90 Å². The average Bonchev–Trinajstić information content (AvgIpc) is 2.26. The van der Waals surface area contributed by atoms with Crippen molar-refractivity contribution in [1.82, 2.24) is 4.90 Å². The van der Waals surface area contributed by atoms with E-state index in [0.29, 0.717) is 6.54 Å². The molecule has 0 aromatic heterocycles. The van der Waals surface area contributed by atoms with E-state index in [1.807, 2.05) is 6.07 Å². The summed E-state index contributed by atoms with van der Waals surface area (Å²) in [5, 5.41) is 0. The van der Waals surface area contributed by atoms with E-state index in [2.05, 4.69) is 43.0 Å². The summed E-state index contributed by atoms with van der Waals surface area (Å²) >= 11 is 0. The number of hydrogen-bond acceptors (Lipinski definition) is 3. The first kappa shape index (κ1) is 21.0. The Balaban J connectivity index is 0. The highest BCUT2D eigenvalue weighted by molar-refractivity contribution is 5.85. The largest absolute Gasteiger partial charge is 0.329 e. The van der Waals surface area contributed by atoms with Crippen molar-refractivity contribution in [1.29, 1.82) is 0 Å². The quantitative estimate of drug-likeness (QED) is 0.811. The fourth-order valence-electron chi connectivity index (χ4n) is 1.96. The van der Waals surface area contributed by atoms with Crippen LogP contribution in [0.3, 0.4) is 0 Å². The highest BCUT2D eigenvalue weighted by Crippen LogP contribution is 2.05. The van der Waals surface area contributed by atoms with Crippen LogP contribution in [-0.4, -0.2) is 36.6 Å². The molecule has 1 aromatic carbocycles. The summed E-state index contributed by atoms with van der Waals surface area (Å²) in [5.74, 6) is 0. The van der Waals surface area contributed by atoms with Crippen LogP contribution in [-0.2, 0) is 6.42 Å². The van der Waals surface area contributed by atoms with Gasteiger partial charge in [0.1, 0.15) is 0 Å². The van der Waals surface area contributed by atoms with Gasteiger partial charge < -0.3 is 11.5 Å². The Morgan fingerprint density at radius 1 is 1.05 bits per heavy atom. The molecular weight excluding hydrogens is 281 g/mol. The van der Waals surface area contributed by atoms with E-state index < -0.39 is 0 Å². The Kier molecular flexibility index (Phi) is 11.6. The molecule has 0 saturated carbocycles. The van der Waals surface area contributed by atoms with Crippen molar-refractivity contribution in [2.45, 2.75) is 25.8 Å². The van der Waals surface area contributed by atoms with Crippen LogP contribution in [0.1, 0.15) is 19.4 Å². The van der Waals surface area contributed by atoms with E-state index >= 15 is 0 Å². The van der Waals surface area contributed by atoms with E-state index in [0.717, 1.165) is 26.1 Å². The lowest BCUT2D eigenvalue weighted by Gasteiger charge is -2.29. The predicted octanol–water partition coefficient (Wildman–Crippen LogP) is 2.07. The molecule has 0 radical (unpaired) electrons. The number of nitrogens with two attached hydrogens (primary N) is 2. The monoisotopic (exact) mass is 307 g/mol. The van der Waals surface area contributed by atoms with Gasteiger partial charge in [-0.15, -0.1) is 24.8 Å². The normalized spacial score (nSPS) is 10.8. The van der Waals surface area contributed by atoms with Crippen molar-refractivity contribution < 1.29 is 0 Å². The van der Waals surface area contributed by atoms with E-state index in [1.165, 1.54) is 5.56 Å². The van der Waals surface area contributed by atoms with Crippen LogP contribution in [0, 0.1) is 0 Å². The second-order valence-corrected chi connectivity index (χ2v) is 5.29. The summed E-state index contributed by atoms with van der Waals surface area (Å²) in [5.41, 5.74) is 12.9. The van der Waals surface area contributed by atoms with Crippen molar-refractivity contribution >= 4 is 24.8 Å². The van der Waals surface area contributed by atoms with Crippen molar-refractivity contribution in [3.63, 3.8) is 0 Å². The lowest BCUT2D eigenvalue weighted by atomic mass is 10.1. The summed E-state index contributed by atoms with van der Waals surface area (Å²) in [7, 11) is 0. The zero-order valence-corrected chi connectivity index (χ0v) is 13.5. The third kappa shape index (κ3) is 10.2. The molecule has 3 nitrogen and oxygen atoms in total. The molecule has 0 atom stereocenters. The Hall–Kier alpha value is -0.320. The molecule has 1 aromatic rings. The fraction of sp³-hybridized carbons (Fsp3) is 0.571. The van der Waals surface area contributed by atoms with Crippen molar-refractivity contribution in [3.8, 4) is 0 Å². The van der Waals surface area contributed by atoms with Gasteiger partial charge in [-0.1, -0.05) is 30.3 Å². The smallest absolute Gasteiger partial charge is 0.0226 e. The van der Waals surface area contributed by atoms with Crippen LogP contribution in [0.25, 0.3) is 0 Å². The standard InChI is InChI=1S/C14H25N3.2ClH/c1-14(2,16)12-17(11-9-15)10-8-13-6-4-3-5-7-13;;/h3-7H,8-12,15-16H2,1-2H3;2*1H.